The minimum atomic E-state index is -3.64. The molecule has 0 radical (unpaired) electrons. The third-order valence-electron chi connectivity index (χ3n) is 5.78. The number of benzene rings is 3. The molecule has 1 saturated heterocycles. The molecule has 3 aromatic carbocycles. The maximum atomic E-state index is 13.0. The lowest BCUT2D eigenvalue weighted by Gasteiger charge is -2.34. The van der Waals surface area contributed by atoms with Crippen LogP contribution in [-0.4, -0.2) is 43.9 Å². The number of nitrogens with one attached hydrogen (secondary N) is 1. The van der Waals surface area contributed by atoms with E-state index in [9.17, 15) is 13.2 Å². The fourth-order valence-electron chi connectivity index (χ4n) is 4.24. The zero-order chi connectivity index (χ0) is 22.9. The molecule has 3 atom stereocenters. The van der Waals surface area contributed by atoms with Gasteiger partial charge < -0.3 is 10.1 Å². The van der Waals surface area contributed by atoms with E-state index in [0.717, 1.165) is 16.3 Å². The molecule has 32 heavy (non-hydrogen) atoms. The van der Waals surface area contributed by atoms with Crippen LogP contribution >= 0.6 is 0 Å². The van der Waals surface area contributed by atoms with E-state index in [-0.39, 0.29) is 29.1 Å². The number of rotatable bonds is 5. The van der Waals surface area contributed by atoms with Crippen molar-refractivity contribution >= 4 is 26.7 Å². The van der Waals surface area contributed by atoms with E-state index in [1.165, 1.54) is 16.4 Å². The number of fused-ring (bicyclic) bond motifs is 1. The summed E-state index contributed by atoms with van der Waals surface area (Å²) in [5.41, 5.74) is 1.45. The number of amides is 1. The first kappa shape index (κ1) is 22.5. The summed E-state index contributed by atoms with van der Waals surface area (Å²) >= 11 is 0. The maximum absolute atomic E-state index is 13.0. The molecular weight excluding hydrogens is 424 g/mol. The van der Waals surface area contributed by atoms with Crippen molar-refractivity contribution in [1.29, 1.82) is 0 Å². The van der Waals surface area contributed by atoms with Crippen LogP contribution in [0.4, 0.5) is 0 Å². The van der Waals surface area contributed by atoms with Gasteiger partial charge in [0.1, 0.15) is 0 Å². The van der Waals surface area contributed by atoms with E-state index < -0.39 is 10.0 Å². The van der Waals surface area contributed by atoms with Crippen LogP contribution in [-0.2, 0) is 14.8 Å². The molecule has 4 rings (SSSR count). The summed E-state index contributed by atoms with van der Waals surface area (Å²) in [5, 5.41) is 5.24. The van der Waals surface area contributed by atoms with Crippen LogP contribution in [0.5, 0.6) is 0 Å². The van der Waals surface area contributed by atoms with Gasteiger partial charge in [0.15, 0.2) is 0 Å². The molecule has 3 unspecified atom stereocenters. The van der Waals surface area contributed by atoms with E-state index >= 15 is 0 Å². The summed E-state index contributed by atoms with van der Waals surface area (Å²) in [6.45, 7) is 6.31. The van der Waals surface area contributed by atoms with Crippen LogP contribution < -0.4 is 5.32 Å². The third kappa shape index (κ3) is 4.55. The van der Waals surface area contributed by atoms with E-state index in [1.807, 2.05) is 63.2 Å². The Hall–Kier alpha value is -2.74. The highest BCUT2D eigenvalue weighted by Crippen LogP contribution is 2.25. The largest absolute Gasteiger partial charge is 0.373 e. The second-order valence-corrected chi connectivity index (χ2v) is 10.3. The molecule has 1 fully saturated rings. The molecule has 1 heterocycles. The number of carbonyl (C=O) groups excluding carboxylic acids is 1. The summed E-state index contributed by atoms with van der Waals surface area (Å²) in [6.07, 6.45) is -0.316. The van der Waals surface area contributed by atoms with Crippen LogP contribution in [0.15, 0.2) is 71.6 Å². The Morgan fingerprint density at radius 3 is 2.28 bits per heavy atom. The average Bonchev–Trinajstić information content (AvgIpc) is 2.78. The van der Waals surface area contributed by atoms with Gasteiger partial charge in [-0.15, -0.1) is 0 Å². The molecule has 0 aliphatic carbocycles. The van der Waals surface area contributed by atoms with Crippen LogP contribution in [0.2, 0.25) is 0 Å². The molecule has 1 aliphatic heterocycles. The van der Waals surface area contributed by atoms with Crippen LogP contribution in [0.3, 0.4) is 0 Å². The van der Waals surface area contributed by atoms with Crippen molar-refractivity contribution in [3.05, 3.63) is 77.9 Å². The quantitative estimate of drug-likeness (QED) is 0.632. The molecule has 0 bridgehead atoms. The van der Waals surface area contributed by atoms with Gasteiger partial charge in [0.25, 0.3) is 5.91 Å². The average molecular weight is 453 g/mol. The first-order chi connectivity index (χ1) is 15.3. The summed E-state index contributed by atoms with van der Waals surface area (Å²) in [6, 6.07) is 20.0. The third-order valence-corrected chi connectivity index (χ3v) is 7.62. The second-order valence-electron chi connectivity index (χ2n) is 8.37. The normalized spacial score (nSPS) is 20.7. The van der Waals surface area contributed by atoms with E-state index in [0.29, 0.717) is 18.7 Å². The maximum Gasteiger partial charge on any atom is 0.251 e. The Morgan fingerprint density at radius 1 is 0.969 bits per heavy atom. The van der Waals surface area contributed by atoms with Gasteiger partial charge in [0.2, 0.25) is 10.0 Å². The predicted octanol–water partition coefficient (Wildman–Crippen LogP) is 4.13. The summed E-state index contributed by atoms with van der Waals surface area (Å²) < 4.78 is 33.1. The number of sulfonamides is 1. The molecule has 1 amide bonds. The van der Waals surface area contributed by atoms with E-state index in [1.54, 1.807) is 12.1 Å². The molecule has 168 valence electrons. The summed E-state index contributed by atoms with van der Waals surface area (Å²) in [5.74, 6) is -0.247. The van der Waals surface area contributed by atoms with Crippen LogP contribution in [0.1, 0.15) is 42.7 Å². The lowest BCUT2D eigenvalue weighted by molar-refractivity contribution is -0.0440. The Bertz CT molecular complexity index is 1210. The van der Waals surface area contributed by atoms with Crippen molar-refractivity contribution in [3.8, 4) is 0 Å². The van der Waals surface area contributed by atoms with Gasteiger partial charge in [0, 0.05) is 18.7 Å². The minimum absolute atomic E-state index is 0.158. The van der Waals surface area contributed by atoms with Crippen LogP contribution in [0, 0.1) is 0 Å². The first-order valence-corrected chi connectivity index (χ1v) is 12.2. The molecular formula is C25H28N2O4S. The molecule has 0 saturated carbocycles. The summed E-state index contributed by atoms with van der Waals surface area (Å²) in [4.78, 5) is 13.0. The standard InChI is InChI=1S/C25H28N2O4S/c1-17-15-27(16-18(2)31-17)32(29,30)22-13-11-21(12-14-22)25(28)26-19(3)23-10-6-8-20-7-4-5-9-24(20)23/h4-14,17-19H,15-16H2,1-3H3,(H,26,28). The van der Waals surface area contributed by atoms with Crippen molar-refractivity contribution in [3.63, 3.8) is 0 Å². The van der Waals surface area contributed by atoms with Gasteiger partial charge in [-0.3, -0.25) is 4.79 Å². The van der Waals surface area contributed by atoms with Crippen molar-refractivity contribution in [2.24, 2.45) is 0 Å². The van der Waals surface area contributed by atoms with Gasteiger partial charge in [-0.25, -0.2) is 8.42 Å². The topological polar surface area (TPSA) is 75.7 Å². The fourth-order valence-corrected chi connectivity index (χ4v) is 5.83. The number of ether oxygens (including phenoxy) is 1. The molecule has 6 nitrogen and oxygen atoms in total. The first-order valence-electron chi connectivity index (χ1n) is 10.8. The Morgan fingerprint density at radius 2 is 1.59 bits per heavy atom. The Balaban J connectivity index is 1.49. The van der Waals surface area contributed by atoms with Gasteiger partial charge in [-0.05, 0) is 61.4 Å². The fraction of sp³-hybridized carbons (Fsp3) is 0.320. The summed E-state index contributed by atoms with van der Waals surface area (Å²) in [7, 11) is -3.64. The monoisotopic (exact) mass is 452 g/mol. The number of hydrogen-bond acceptors (Lipinski definition) is 4. The van der Waals surface area contributed by atoms with Crippen molar-refractivity contribution in [2.45, 2.75) is 43.9 Å². The van der Waals surface area contributed by atoms with Gasteiger partial charge in [-0.2, -0.15) is 4.31 Å². The highest BCUT2D eigenvalue weighted by atomic mass is 32.2. The number of carbonyl (C=O) groups is 1. The van der Waals surface area contributed by atoms with Crippen LogP contribution in [0.25, 0.3) is 10.8 Å². The molecule has 1 N–H and O–H groups in total. The molecule has 1 aliphatic rings. The van der Waals surface area contributed by atoms with Gasteiger partial charge in [-0.1, -0.05) is 42.5 Å². The lowest BCUT2D eigenvalue weighted by Crippen LogP contribution is -2.48. The number of morpholine rings is 1. The SMILES string of the molecule is CC1CN(S(=O)(=O)c2ccc(C(=O)NC(C)c3cccc4ccccc34)cc2)CC(C)O1. The molecule has 0 aromatic heterocycles. The zero-order valence-corrected chi connectivity index (χ0v) is 19.3. The van der Waals surface area contributed by atoms with Crippen molar-refractivity contribution in [1.82, 2.24) is 9.62 Å². The number of nitrogens with zero attached hydrogens (tertiary/aromatic N) is 1. The smallest absolute Gasteiger partial charge is 0.251 e. The highest BCUT2D eigenvalue weighted by Gasteiger charge is 2.32. The highest BCUT2D eigenvalue weighted by molar-refractivity contribution is 7.89. The minimum Gasteiger partial charge on any atom is -0.373 e. The van der Waals surface area contributed by atoms with Gasteiger partial charge in [0.05, 0.1) is 23.1 Å². The second kappa shape index (κ2) is 9.02. The van der Waals surface area contributed by atoms with Crippen molar-refractivity contribution in [2.75, 3.05) is 13.1 Å². The molecule has 7 heteroatoms. The zero-order valence-electron chi connectivity index (χ0n) is 18.5. The van der Waals surface area contributed by atoms with E-state index in [2.05, 4.69) is 5.32 Å². The lowest BCUT2D eigenvalue weighted by atomic mass is 9.99. The van der Waals surface area contributed by atoms with Gasteiger partial charge >= 0.3 is 0 Å². The van der Waals surface area contributed by atoms with E-state index in [4.69, 9.17) is 4.74 Å². The number of hydrogen-bond donors (Lipinski definition) is 1. The predicted molar refractivity (Wildman–Crippen MR) is 125 cm³/mol. The Kier molecular flexibility index (Phi) is 6.33. The van der Waals surface area contributed by atoms with Crippen molar-refractivity contribution < 1.29 is 17.9 Å². The molecule has 3 aromatic rings. The molecule has 0 spiro atoms. The Labute approximate surface area is 189 Å².